The van der Waals surface area contributed by atoms with E-state index in [-0.39, 0.29) is 37.7 Å². The van der Waals surface area contributed by atoms with Crippen molar-refractivity contribution in [3.8, 4) is 0 Å². The van der Waals surface area contributed by atoms with Crippen LogP contribution < -0.4 is 0 Å². The molecule has 1 aliphatic rings. The predicted molar refractivity (Wildman–Crippen MR) is 55.6 cm³/mol. The largest absolute Gasteiger partial charge is 2.00 e. The third-order valence-corrected chi connectivity index (χ3v) is 2.29. The second-order valence-electron chi connectivity index (χ2n) is 2.24. The van der Waals surface area contributed by atoms with Gasteiger partial charge in [0.2, 0.25) is 0 Å². The fourth-order valence-corrected chi connectivity index (χ4v) is 1.60. The fourth-order valence-electron chi connectivity index (χ4n) is 0.970. The molecule has 2 rings (SSSR count). The van der Waals surface area contributed by atoms with E-state index in [1.165, 1.54) is 22.4 Å². The maximum Gasteiger partial charge on any atom is 2.00 e. The molecule has 0 spiro atoms. The maximum atomic E-state index is 4.12. The predicted octanol–water partition coefficient (Wildman–Crippen LogP) is 2.41. The summed E-state index contributed by atoms with van der Waals surface area (Å²) in [5.74, 6) is 0. The summed E-state index contributed by atoms with van der Waals surface area (Å²) in [5.41, 5.74) is 1.25. The molecular formula is C9H7CaNS+2. The molecule has 0 saturated carbocycles. The number of benzene rings is 1. The molecule has 0 saturated heterocycles. The molecule has 1 aliphatic heterocycles. The molecule has 1 nitrogen and oxygen atoms in total. The van der Waals surface area contributed by atoms with Crippen LogP contribution in [0.4, 0.5) is 0 Å². The van der Waals surface area contributed by atoms with Crippen LogP contribution in [0.1, 0.15) is 5.56 Å². The van der Waals surface area contributed by atoms with Crippen LogP contribution in [-0.4, -0.2) is 44.0 Å². The molecule has 0 aromatic heterocycles. The van der Waals surface area contributed by atoms with E-state index in [9.17, 15) is 0 Å². The van der Waals surface area contributed by atoms with Crippen molar-refractivity contribution in [2.75, 3.05) is 0 Å². The fraction of sp³-hybridized carbons (Fsp3) is 0. The Morgan fingerprint density at radius 2 is 2.00 bits per heavy atom. The van der Waals surface area contributed by atoms with Crippen LogP contribution in [0.5, 0.6) is 0 Å². The minimum Gasteiger partial charge on any atom is -0.219 e. The normalized spacial score (nSPS) is 13.0. The number of rotatable bonds is 0. The average molecular weight is 201 g/mol. The Bertz CT molecular complexity index is 320. The van der Waals surface area contributed by atoms with Gasteiger partial charge in [0.05, 0.1) is 0 Å². The van der Waals surface area contributed by atoms with E-state index >= 15 is 0 Å². The van der Waals surface area contributed by atoms with Gasteiger partial charge >= 0.3 is 37.7 Å². The average Bonchev–Trinajstić information content (AvgIpc) is 2.28. The van der Waals surface area contributed by atoms with Gasteiger partial charge in [0.25, 0.3) is 0 Å². The number of hydrogen-bond donors (Lipinski definition) is 0. The van der Waals surface area contributed by atoms with Crippen molar-refractivity contribution in [2.45, 2.75) is 4.90 Å². The maximum absolute atomic E-state index is 4.12. The van der Waals surface area contributed by atoms with E-state index in [4.69, 9.17) is 0 Å². The van der Waals surface area contributed by atoms with Gasteiger partial charge in [-0.3, -0.25) is 0 Å². The van der Waals surface area contributed by atoms with Crippen LogP contribution in [-0.2, 0) is 0 Å². The zero-order chi connectivity index (χ0) is 7.52. The molecule has 0 atom stereocenters. The molecule has 0 amide bonds. The Morgan fingerprint density at radius 1 is 1.17 bits per heavy atom. The third kappa shape index (κ3) is 2.36. The summed E-state index contributed by atoms with van der Waals surface area (Å²) < 4.78 is 4.12. The SMILES string of the molecule is C1=Cc2ccccc2SN=C1.[Ca+2]. The van der Waals surface area contributed by atoms with E-state index in [0.29, 0.717) is 0 Å². The van der Waals surface area contributed by atoms with Crippen LogP contribution in [0.15, 0.2) is 39.6 Å². The van der Waals surface area contributed by atoms with E-state index < -0.39 is 0 Å². The Hall–Kier alpha value is 0.240. The second kappa shape index (κ2) is 5.07. The van der Waals surface area contributed by atoms with Gasteiger partial charge in [0.1, 0.15) is 0 Å². The van der Waals surface area contributed by atoms with Crippen LogP contribution in [0.25, 0.3) is 6.08 Å². The van der Waals surface area contributed by atoms with Gasteiger partial charge in [-0.15, -0.1) is 0 Å². The molecule has 0 bridgehead atoms. The Labute approximate surface area is 106 Å². The molecule has 54 valence electrons. The second-order valence-corrected chi connectivity index (χ2v) is 3.08. The smallest absolute Gasteiger partial charge is 0.219 e. The summed E-state index contributed by atoms with van der Waals surface area (Å²) in [4.78, 5) is 1.22. The van der Waals surface area contributed by atoms with E-state index in [0.717, 1.165) is 0 Å². The molecule has 3 heteroatoms. The van der Waals surface area contributed by atoms with Gasteiger partial charge in [0.15, 0.2) is 0 Å². The Morgan fingerprint density at radius 3 is 2.92 bits per heavy atom. The molecule has 1 aromatic rings. The zero-order valence-electron chi connectivity index (χ0n) is 6.60. The van der Waals surface area contributed by atoms with Gasteiger partial charge < -0.3 is 0 Å². The first-order chi connectivity index (χ1) is 5.47. The Balaban J connectivity index is 0.000000720. The van der Waals surface area contributed by atoms with Gasteiger partial charge in [-0.05, 0) is 17.7 Å². The van der Waals surface area contributed by atoms with Crippen molar-refractivity contribution >= 4 is 62.0 Å². The standard InChI is InChI=1S/C9H7NS.Ca/c1-2-6-9-8(4-1)5-3-7-10-11-9;/h1-7H;/q;+2. The first kappa shape index (κ1) is 10.3. The van der Waals surface area contributed by atoms with Crippen molar-refractivity contribution in [1.29, 1.82) is 0 Å². The van der Waals surface area contributed by atoms with Crippen molar-refractivity contribution in [3.63, 3.8) is 0 Å². The van der Waals surface area contributed by atoms with E-state index in [1.54, 1.807) is 0 Å². The summed E-state index contributed by atoms with van der Waals surface area (Å²) in [6.07, 6.45) is 5.84. The van der Waals surface area contributed by atoms with Crippen molar-refractivity contribution in [2.24, 2.45) is 4.40 Å². The van der Waals surface area contributed by atoms with Gasteiger partial charge in [-0.1, -0.05) is 24.3 Å². The molecule has 0 unspecified atom stereocenters. The molecule has 0 N–H and O–H groups in total. The van der Waals surface area contributed by atoms with E-state index in [1.807, 2.05) is 24.4 Å². The van der Waals surface area contributed by atoms with Crippen LogP contribution in [0.2, 0.25) is 0 Å². The summed E-state index contributed by atoms with van der Waals surface area (Å²) in [6.45, 7) is 0. The molecule has 0 aliphatic carbocycles. The number of hydrogen-bond acceptors (Lipinski definition) is 2. The summed E-state index contributed by atoms with van der Waals surface area (Å²) in [6, 6.07) is 8.23. The molecule has 0 fully saturated rings. The van der Waals surface area contributed by atoms with Gasteiger partial charge in [-0.2, -0.15) is 0 Å². The molecule has 1 heterocycles. The minimum absolute atomic E-state index is 0. The topological polar surface area (TPSA) is 12.4 Å². The van der Waals surface area contributed by atoms with E-state index in [2.05, 4.69) is 22.6 Å². The van der Waals surface area contributed by atoms with Crippen LogP contribution >= 0.6 is 11.9 Å². The summed E-state index contributed by atoms with van der Waals surface area (Å²) in [5, 5.41) is 0. The quantitative estimate of drug-likeness (QED) is 0.464. The number of allylic oxidation sites excluding steroid dienone is 1. The number of fused-ring (bicyclic) bond motifs is 1. The Kier molecular flexibility index (Phi) is 4.36. The molecular weight excluding hydrogens is 194 g/mol. The first-order valence-electron chi connectivity index (χ1n) is 3.43. The number of nitrogens with zero attached hydrogens (tertiary/aromatic N) is 1. The van der Waals surface area contributed by atoms with Crippen molar-refractivity contribution in [1.82, 2.24) is 0 Å². The van der Waals surface area contributed by atoms with Crippen LogP contribution in [0.3, 0.4) is 0 Å². The minimum atomic E-state index is 0. The zero-order valence-corrected chi connectivity index (χ0v) is 9.63. The first-order valence-corrected chi connectivity index (χ1v) is 4.20. The van der Waals surface area contributed by atoms with Gasteiger partial charge in [-0.25, -0.2) is 4.40 Å². The molecule has 1 aromatic carbocycles. The van der Waals surface area contributed by atoms with Crippen molar-refractivity contribution in [3.05, 3.63) is 35.9 Å². The summed E-state index contributed by atoms with van der Waals surface area (Å²) >= 11 is 1.52. The monoisotopic (exact) mass is 201 g/mol. The van der Waals surface area contributed by atoms with Crippen LogP contribution in [0, 0.1) is 0 Å². The molecule has 0 radical (unpaired) electrons. The molecule has 12 heavy (non-hydrogen) atoms. The summed E-state index contributed by atoms with van der Waals surface area (Å²) in [7, 11) is 0. The third-order valence-electron chi connectivity index (χ3n) is 1.49. The van der Waals surface area contributed by atoms with Gasteiger partial charge in [0, 0.05) is 23.1 Å². The van der Waals surface area contributed by atoms with Crippen molar-refractivity contribution < 1.29 is 0 Å².